The van der Waals surface area contributed by atoms with Crippen LogP contribution in [0.5, 0.6) is 0 Å². The van der Waals surface area contributed by atoms with Gasteiger partial charge in [-0.2, -0.15) is 0 Å². The van der Waals surface area contributed by atoms with E-state index in [1.165, 1.54) is 24.0 Å². The molecule has 0 radical (unpaired) electrons. The van der Waals surface area contributed by atoms with E-state index in [0.29, 0.717) is 5.92 Å². The zero-order valence-electron chi connectivity index (χ0n) is 11.6. The molecule has 3 aliphatic rings. The molecule has 2 aromatic carbocycles. The second-order valence-electron chi connectivity index (χ2n) is 6.02. The molecule has 0 fully saturated rings. The summed E-state index contributed by atoms with van der Waals surface area (Å²) >= 11 is 0. The van der Waals surface area contributed by atoms with Crippen LogP contribution in [0.4, 0.5) is 0 Å². The van der Waals surface area contributed by atoms with Crippen molar-refractivity contribution in [1.29, 1.82) is 0 Å². The molecular formula is C18H19N. The number of hydrogen-bond acceptors (Lipinski definition) is 1. The van der Waals surface area contributed by atoms with Gasteiger partial charge in [0.25, 0.3) is 0 Å². The molecule has 2 bridgehead atoms. The molecule has 0 saturated heterocycles. The third-order valence-corrected chi connectivity index (χ3v) is 5.12. The van der Waals surface area contributed by atoms with E-state index in [4.69, 9.17) is 0 Å². The lowest BCUT2D eigenvalue weighted by Gasteiger charge is -2.52. The largest absolute Gasteiger partial charge is 0.296 e. The van der Waals surface area contributed by atoms with Gasteiger partial charge in [0.15, 0.2) is 0 Å². The molecule has 3 aliphatic carbocycles. The molecule has 0 N–H and O–H groups in total. The van der Waals surface area contributed by atoms with Crippen molar-refractivity contribution >= 4 is 0 Å². The number of fused-ring (bicyclic) bond motifs is 1. The van der Waals surface area contributed by atoms with Crippen LogP contribution >= 0.6 is 0 Å². The summed E-state index contributed by atoms with van der Waals surface area (Å²) in [6.45, 7) is 0. The molecule has 5 rings (SSSR count). The molecule has 96 valence electrons. The van der Waals surface area contributed by atoms with Crippen LogP contribution in [0.15, 0.2) is 48.5 Å². The number of rotatable bonds is 1. The van der Waals surface area contributed by atoms with Gasteiger partial charge in [-0.25, -0.2) is 0 Å². The van der Waals surface area contributed by atoms with E-state index in [0.717, 1.165) is 0 Å². The molecule has 0 aromatic heterocycles. The molecule has 0 aliphatic heterocycles. The second kappa shape index (κ2) is 3.71. The highest BCUT2D eigenvalue weighted by Gasteiger charge is 2.49. The van der Waals surface area contributed by atoms with Gasteiger partial charge in [0, 0.05) is 5.92 Å². The van der Waals surface area contributed by atoms with E-state index in [9.17, 15) is 0 Å². The second-order valence-corrected chi connectivity index (χ2v) is 6.02. The fraction of sp³-hybridized carbons (Fsp3) is 0.333. The van der Waals surface area contributed by atoms with Gasteiger partial charge in [0.1, 0.15) is 0 Å². The highest BCUT2D eigenvalue weighted by Crippen LogP contribution is 2.56. The third kappa shape index (κ3) is 1.24. The van der Waals surface area contributed by atoms with E-state index in [2.05, 4.69) is 67.5 Å². The molecule has 19 heavy (non-hydrogen) atoms. The van der Waals surface area contributed by atoms with Gasteiger partial charge in [0.05, 0.1) is 5.54 Å². The van der Waals surface area contributed by atoms with Crippen molar-refractivity contribution in [2.24, 2.45) is 0 Å². The summed E-state index contributed by atoms with van der Waals surface area (Å²) in [5.74, 6) is 0.606. The molecule has 0 atom stereocenters. The zero-order chi connectivity index (χ0) is 13.0. The lowest BCUT2D eigenvalue weighted by molar-refractivity contribution is 0.153. The summed E-state index contributed by atoms with van der Waals surface area (Å²) in [4.78, 5) is 2.42. The van der Waals surface area contributed by atoms with Gasteiger partial charge in [-0.15, -0.1) is 0 Å². The first-order valence-corrected chi connectivity index (χ1v) is 7.11. The smallest absolute Gasteiger partial charge is 0.0716 e. The summed E-state index contributed by atoms with van der Waals surface area (Å²) in [5.41, 5.74) is 6.22. The third-order valence-electron chi connectivity index (χ3n) is 5.12. The van der Waals surface area contributed by atoms with Crippen molar-refractivity contribution in [3.8, 4) is 0 Å². The summed E-state index contributed by atoms with van der Waals surface area (Å²) in [7, 11) is 4.44. The molecule has 2 aromatic rings. The SMILES string of the molecule is CN(C)C12CCC(c3ccccc31)c1ccccc12. The fourth-order valence-corrected chi connectivity index (χ4v) is 4.31. The summed E-state index contributed by atoms with van der Waals surface area (Å²) in [6, 6.07) is 18.1. The lowest BCUT2D eigenvalue weighted by Crippen LogP contribution is -2.49. The Morgan fingerprint density at radius 2 is 1.42 bits per heavy atom. The maximum absolute atomic E-state index is 2.42. The standard InChI is InChI=1S/C18H19N/c1-19(2)18-12-11-13(14-7-3-5-9-16(14)18)15-8-4-6-10-17(15)18/h3-10,13H,11-12H2,1-2H3. The van der Waals surface area contributed by atoms with Crippen LogP contribution < -0.4 is 0 Å². The maximum atomic E-state index is 2.42. The van der Waals surface area contributed by atoms with Gasteiger partial charge < -0.3 is 0 Å². The molecule has 1 nitrogen and oxygen atoms in total. The van der Waals surface area contributed by atoms with Crippen molar-refractivity contribution < 1.29 is 0 Å². The van der Waals surface area contributed by atoms with Crippen LogP contribution in [-0.2, 0) is 5.54 Å². The van der Waals surface area contributed by atoms with Crippen LogP contribution in [0, 0.1) is 0 Å². The average molecular weight is 249 g/mol. The molecule has 0 unspecified atom stereocenters. The highest BCUT2D eigenvalue weighted by atomic mass is 15.2. The van der Waals surface area contributed by atoms with Crippen LogP contribution in [0.25, 0.3) is 0 Å². The molecule has 0 heterocycles. The number of hydrogen-bond donors (Lipinski definition) is 0. The first kappa shape index (κ1) is 11.2. The van der Waals surface area contributed by atoms with Crippen molar-refractivity contribution in [2.45, 2.75) is 24.3 Å². The Labute approximate surface area is 114 Å². The first-order chi connectivity index (χ1) is 9.25. The Morgan fingerprint density at radius 1 is 0.895 bits per heavy atom. The summed E-state index contributed by atoms with van der Waals surface area (Å²) in [6.07, 6.45) is 2.50. The topological polar surface area (TPSA) is 3.24 Å². The van der Waals surface area contributed by atoms with Crippen LogP contribution in [0.3, 0.4) is 0 Å². The van der Waals surface area contributed by atoms with E-state index < -0.39 is 0 Å². The zero-order valence-corrected chi connectivity index (χ0v) is 11.6. The molecule has 0 saturated carbocycles. The minimum Gasteiger partial charge on any atom is -0.296 e. The minimum absolute atomic E-state index is 0.0853. The van der Waals surface area contributed by atoms with E-state index in [1.54, 1.807) is 11.1 Å². The first-order valence-electron chi connectivity index (χ1n) is 7.11. The number of nitrogens with zero attached hydrogens (tertiary/aromatic N) is 1. The van der Waals surface area contributed by atoms with Crippen molar-refractivity contribution in [1.82, 2.24) is 4.90 Å². The van der Waals surface area contributed by atoms with Gasteiger partial charge in [-0.1, -0.05) is 48.5 Å². The Kier molecular flexibility index (Phi) is 2.19. The summed E-state index contributed by atoms with van der Waals surface area (Å²) < 4.78 is 0. The van der Waals surface area contributed by atoms with Crippen LogP contribution in [0.2, 0.25) is 0 Å². The summed E-state index contributed by atoms with van der Waals surface area (Å²) in [5, 5.41) is 0. The molecule has 0 spiro atoms. The predicted molar refractivity (Wildman–Crippen MR) is 78.4 cm³/mol. The van der Waals surface area contributed by atoms with E-state index >= 15 is 0 Å². The van der Waals surface area contributed by atoms with Crippen LogP contribution in [0.1, 0.15) is 41.0 Å². The quantitative estimate of drug-likeness (QED) is 0.744. The average Bonchev–Trinajstić information content (AvgIpc) is 2.47. The Bertz CT molecular complexity index is 594. The van der Waals surface area contributed by atoms with Crippen molar-refractivity contribution in [3.63, 3.8) is 0 Å². The predicted octanol–water partition coefficient (Wildman–Crippen LogP) is 3.73. The maximum Gasteiger partial charge on any atom is 0.0716 e. The van der Waals surface area contributed by atoms with Crippen molar-refractivity contribution in [2.75, 3.05) is 14.1 Å². The molecule has 1 heteroatoms. The van der Waals surface area contributed by atoms with Gasteiger partial charge in [0.2, 0.25) is 0 Å². The Balaban J connectivity index is 2.10. The minimum atomic E-state index is 0.0853. The highest BCUT2D eigenvalue weighted by molar-refractivity contribution is 5.58. The van der Waals surface area contributed by atoms with Crippen LogP contribution in [-0.4, -0.2) is 19.0 Å². The Hall–Kier alpha value is -1.60. The monoisotopic (exact) mass is 249 g/mol. The fourth-order valence-electron chi connectivity index (χ4n) is 4.31. The Morgan fingerprint density at radius 3 is 1.95 bits per heavy atom. The molecular weight excluding hydrogens is 230 g/mol. The van der Waals surface area contributed by atoms with Gasteiger partial charge in [-0.3, -0.25) is 4.90 Å². The van der Waals surface area contributed by atoms with Gasteiger partial charge >= 0.3 is 0 Å². The van der Waals surface area contributed by atoms with Gasteiger partial charge in [-0.05, 0) is 49.2 Å². The van der Waals surface area contributed by atoms with E-state index in [-0.39, 0.29) is 5.54 Å². The lowest BCUT2D eigenvalue weighted by atomic mass is 9.59. The number of benzene rings is 2. The van der Waals surface area contributed by atoms with Crippen molar-refractivity contribution in [3.05, 3.63) is 70.8 Å². The van der Waals surface area contributed by atoms with E-state index in [1.807, 2.05) is 0 Å². The molecule has 0 amide bonds. The normalized spacial score (nSPS) is 27.2.